The summed E-state index contributed by atoms with van der Waals surface area (Å²) in [5.74, 6) is -0.526. The van der Waals surface area contributed by atoms with Crippen molar-refractivity contribution in [2.24, 2.45) is 0 Å². The van der Waals surface area contributed by atoms with Crippen LogP contribution in [0.25, 0.3) is 6.08 Å². The fraction of sp³-hybridized carbons (Fsp3) is 0.182. The molecule has 0 aromatic heterocycles. The highest BCUT2D eigenvalue weighted by Crippen LogP contribution is 2.27. The number of carbonyl (C=O) groups is 1. The Morgan fingerprint density at radius 1 is 1.53 bits per heavy atom. The van der Waals surface area contributed by atoms with Crippen molar-refractivity contribution >= 4 is 11.9 Å². The minimum absolute atomic E-state index is 0.0740. The maximum absolute atomic E-state index is 11.0. The molecule has 1 N–H and O–H groups in total. The van der Waals surface area contributed by atoms with Crippen LogP contribution in [0.3, 0.4) is 0 Å². The Bertz CT molecular complexity index is 477. The van der Waals surface area contributed by atoms with Gasteiger partial charge in [0.1, 0.15) is 0 Å². The molecule has 0 radical (unpaired) electrons. The molecule has 0 unspecified atom stereocenters. The minimum Gasteiger partial charge on any atom is -0.504 e. The van der Waals surface area contributed by atoms with Crippen LogP contribution in [0.5, 0.6) is 11.5 Å². The number of carbonyl (C=O) groups excluding carboxylic acids is 1. The molecule has 17 heavy (non-hydrogen) atoms. The van der Waals surface area contributed by atoms with E-state index in [-0.39, 0.29) is 11.5 Å². The summed E-state index contributed by atoms with van der Waals surface area (Å²) >= 11 is 0. The third-order valence-electron chi connectivity index (χ3n) is 2.06. The molecule has 0 bridgehead atoms. The van der Waals surface area contributed by atoms with Crippen LogP contribution in [0.4, 0.5) is 0 Å². The van der Waals surface area contributed by atoms with Gasteiger partial charge in [-0.05, 0) is 17.7 Å². The van der Waals surface area contributed by atoms with E-state index in [1.54, 1.807) is 0 Å². The average molecular weight is 237 g/mol. The average Bonchev–Trinajstić information content (AvgIpc) is 2.26. The maximum Gasteiger partial charge on any atom is 0.312 e. The molecule has 0 saturated heterocycles. The number of ketones is 1. The van der Waals surface area contributed by atoms with Gasteiger partial charge in [-0.3, -0.25) is 14.9 Å². The Kier molecular flexibility index (Phi) is 3.82. The molecular weight excluding hydrogens is 226 g/mol. The Hall–Kier alpha value is -2.37. The fourth-order valence-electron chi connectivity index (χ4n) is 1.22. The van der Waals surface area contributed by atoms with Crippen molar-refractivity contribution in [3.8, 4) is 11.5 Å². The van der Waals surface area contributed by atoms with E-state index in [9.17, 15) is 20.0 Å². The van der Waals surface area contributed by atoms with Gasteiger partial charge in [0, 0.05) is 13.0 Å². The molecule has 0 saturated carbocycles. The SMILES string of the molecule is COc1cc(/C=C(/C(C)=O)[N+](=O)[O-])ccc1O. The number of nitro groups is 1. The standard InChI is InChI=1S/C11H11NO5/c1-7(13)9(12(15)16)5-8-3-4-10(14)11(6-8)17-2/h3-6,14H,1-2H3/b9-5-. The van der Waals surface area contributed by atoms with Gasteiger partial charge >= 0.3 is 5.70 Å². The van der Waals surface area contributed by atoms with Gasteiger partial charge in [0.2, 0.25) is 5.78 Å². The van der Waals surface area contributed by atoms with Crippen molar-refractivity contribution in [3.05, 3.63) is 39.6 Å². The van der Waals surface area contributed by atoms with Crippen molar-refractivity contribution in [1.82, 2.24) is 0 Å². The van der Waals surface area contributed by atoms with Crippen molar-refractivity contribution < 1.29 is 19.6 Å². The first-order valence-electron chi connectivity index (χ1n) is 4.69. The van der Waals surface area contributed by atoms with Crippen LogP contribution in [-0.4, -0.2) is 22.9 Å². The molecule has 1 aromatic rings. The van der Waals surface area contributed by atoms with Gasteiger partial charge in [0.05, 0.1) is 12.0 Å². The molecule has 0 aliphatic rings. The molecule has 0 amide bonds. The first-order chi connectivity index (χ1) is 7.95. The molecule has 0 heterocycles. The highest BCUT2D eigenvalue weighted by molar-refractivity contribution is 5.95. The van der Waals surface area contributed by atoms with Crippen molar-refractivity contribution in [2.75, 3.05) is 7.11 Å². The predicted molar refractivity (Wildman–Crippen MR) is 60.3 cm³/mol. The Balaban J connectivity index is 3.21. The second-order valence-electron chi connectivity index (χ2n) is 3.27. The lowest BCUT2D eigenvalue weighted by molar-refractivity contribution is -0.417. The molecule has 1 aromatic carbocycles. The number of hydrogen-bond acceptors (Lipinski definition) is 5. The molecule has 0 spiro atoms. The monoisotopic (exact) mass is 237 g/mol. The topological polar surface area (TPSA) is 89.7 Å². The quantitative estimate of drug-likeness (QED) is 0.488. The summed E-state index contributed by atoms with van der Waals surface area (Å²) < 4.78 is 4.85. The molecule has 6 nitrogen and oxygen atoms in total. The number of allylic oxidation sites excluding steroid dienone is 1. The Labute approximate surface area is 97.3 Å². The fourth-order valence-corrected chi connectivity index (χ4v) is 1.22. The summed E-state index contributed by atoms with van der Waals surface area (Å²) in [6.07, 6.45) is 1.13. The second kappa shape index (κ2) is 5.11. The van der Waals surface area contributed by atoms with Gasteiger partial charge in [-0.15, -0.1) is 0 Å². The van der Waals surface area contributed by atoms with Crippen LogP contribution in [0.1, 0.15) is 12.5 Å². The summed E-state index contributed by atoms with van der Waals surface area (Å²) in [6.45, 7) is 1.12. The number of Topliss-reactive ketones (excluding diaryl/α,β-unsaturated/α-hetero) is 1. The molecule has 0 aliphatic carbocycles. The highest BCUT2D eigenvalue weighted by atomic mass is 16.6. The van der Waals surface area contributed by atoms with E-state index in [2.05, 4.69) is 0 Å². The summed E-state index contributed by atoms with van der Waals surface area (Å²) in [5, 5.41) is 19.9. The molecule has 0 atom stereocenters. The number of hydrogen-bond donors (Lipinski definition) is 1. The first kappa shape index (κ1) is 12.7. The van der Waals surface area contributed by atoms with E-state index in [1.165, 1.54) is 25.3 Å². The number of aromatic hydroxyl groups is 1. The van der Waals surface area contributed by atoms with Crippen LogP contribution < -0.4 is 4.74 Å². The zero-order chi connectivity index (χ0) is 13.0. The number of phenols is 1. The van der Waals surface area contributed by atoms with Gasteiger partial charge in [-0.1, -0.05) is 6.07 Å². The second-order valence-corrected chi connectivity index (χ2v) is 3.27. The molecule has 1 rings (SSSR count). The zero-order valence-corrected chi connectivity index (χ0v) is 9.34. The molecular formula is C11H11NO5. The number of phenolic OH excluding ortho intramolecular Hbond substituents is 1. The number of methoxy groups -OCH3 is 1. The van der Waals surface area contributed by atoms with E-state index in [0.717, 1.165) is 13.0 Å². The smallest absolute Gasteiger partial charge is 0.312 e. The van der Waals surface area contributed by atoms with Crippen LogP contribution in [0.2, 0.25) is 0 Å². The highest BCUT2D eigenvalue weighted by Gasteiger charge is 2.16. The predicted octanol–water partition coefficient (Wildman–Crippen LogP) is 1.61. The van der Waals surface area contributed by atoms with Crippen LogP contribution >= 0.6 is 0 Å². The minimum atomic E-state index is -0.748. The van der Waals surface area contributed by atoms with Gasteiger partial charge in [0.15, 0.2) is 11.5 Å². The van der Waals surface area contributed by atoms with E-state index in [1.807, 2.05) is 0 Å². The third-order valence-corrected chi connectivity index (χ3v) is 2.06. The number of nitrogens with zero attached hydrogens (tertiary/aromatic N) is 1. The van der Waals surface area contributed by atoms with Gasteiger partial charge in [-0.2, -0.15) is 0 Å². The summed E-state index contributed by atoms with van der Waals surface area (Å²) in [4.78, 5) is 20.9. The maximum atomic E-state index is 11.0. The van der Waals surface area contributed by atoms with E-state index in [0.29, 0.717) is 5.56 Å². The summed E-state index contributed by atoms with van der Waals surface area (Å²) in [5.41, 5.74) is -0.112. The van der Waals surface area contributed by atoms with Gasteiger partial charge in [0.25, 0.3) is 0 Å². The number of benzene rings is 1. The van der Waals surface area contributed by atoms with Gasteiger partial charge < -0.3 is 9.84 Å². The van der Waals surface area contributed by atoms with E-state index < -0.39 is 16.4 Å². The zero-order valence-electron chi connectivity index (χ0n) is 9.34. The largest absolute Gasteiger partial charge is 0.504 e. The van der Waals surface area contributed by atoms with Crippen LogP contribution in [0, 0.1) is 10.1 Å². The Morgan fingerprint density at radius 2 is 2.18 bits per heavy atom. The normalized spacial score (nSPS) is 11.1. The molecule has 6 heteroatoms. The number of rotatable bonds is 4. The summed E-state index contributed by atoms with van der Waals surface area (Å²) in [6, 6.07) is 4.19. The lowest BCUT2D eigenvalue weighted by Crippen LogP contribution is -2.07. The van der Waals surface area contributed by atoms with Crippen molar-refractivity contribution in [2.45, 2.75) is 6.92 Å². The molecule has 0 aliphatic heterocycles. The van der Waals surface area contributed by atoms with Gasteiger partial charge in [-0.25, -0.2) is 0 Å². The van der Waals surface area contributed by atoms with Crippen LogP contribution in [0.15, 0.2) is 23.9 Å². The Morgan fingerprint density at radius 3 is 2.65 bits per heavy atom. The van der Waals surface area contributed by atoms with Crippen molar-refractivity contribution in [1.29, 1.82) is 0 Å². The van der Waals surface area contributed by atoms with E-state index in [4.69, 9.17) is 4.74 Å². The van der Waals surface area contributed by atoms with Crippen LogP contribution in [-0.2, 0) is 4.79 Å². The van der Waals surface area contributed by atoms with Crippen molar-refractivity contribution in [3.63, 3.8) is 0 Å². The first-order valence-corrected chi connectivity index (χ1v) is 4.69. The lowest BCUT2D eigenvalue weighted by atomic mass is 10.1. The lowest BCUT2D eigenvalue weighted by Gasteiger charge is -2.03. The molecule has 90 valence electrons. The van der Waals surface area contributed by atoms with E-state index >= 15 is 0 Å². The third kappa shape index (κ3) is 3.04. The number of ether oxygens (including phenoxy) is 1. The summed E-state index contributed by atoms with van der Waals surface area (Å²) in [7, 11) is 1.36. The molecule has 0 fully saturated rings.